The van der Waals surface area contributed by atoms with Crippen molar-refractivity contribution in [1.82, 2.24) is 9.38 Å². The largest absolute Gasteiger partial charge is 0.366 e. The number of nitrogens with zero attached hydrogens (tertiary/aromatic N) is 4. The first-order chi connectivity index (χ1) is 15.3. The van der Waals surface area contributed by atoms with Gasteiger partial charge in [-0.1, -0.05) is 24.3 Å². The third-order valence-electron chi connectivity index (χ3n) is 6.47. The molecular weight excluding hydrogens is 424 g/mol. The maximum absolute atomic E-state index is 13.1. The second-order valence-corrected chi connectivity index (χ2v) is 9.75. The third-order valence-corrected chi connectivity index (χ3v) is 7.44. The zero-order valence-electron chi connectivity index (χ0n) is 18.3. The van der Waals surface area contributed by atoms with Crippen LogP contribution < -0.4 is 15.0 Å². The number of benzene rings is 2. The van der Waals surface area contributed by atoms with E-state index < -0.39 is 0 Å². The highest BCUT2D eigenvalue weighted by atomic mass is 32.1. The molecule has 0 radical (unpaired) electrons. The number of aromatic nitrogens is 2. The van der Waals surface area contributed by atoms with Crippen LogP contribution in [0.5, 0.6) is 0 Å². The Morgan fingerprint density at radius 2 is 1.88 bits per heavy atom. The zero-order valence-corrected chi connectivity index (χ0v) is 19.1. The van der Waals surface area contributed by atoms with E-state index in [0.29, 0.717) is 26.7 Å². The van der Waals surface area contributed by atoms with Crippen LogP contribution in [0.4, 0.5) is 11.4 Å². The molecule has 0 unspecified atom stereocenters. The van der Waals surface area contributed by atoms with E-state index in [0.717, 1.165) is 48.1 Å². The molecule has 1 aliphatic heterocycles. The zero-order chi connectivity index (χ0) is 22.6. The van der Waals surface area contributed by atoms with Gasteiger partial charge in [-0.15, -0.1) is 0 Å². The van der Waals surface area contributed by atoms with Crippen LogP contribution in [0, 0.1) is 29.9 Å². The topological polar surface area (TPSA) is 80.8 Å². The van der Waals surface area contributed by atoms with E-state index in [1.54, 1.807) is 16.5 Å². The average Bonchev–Trinajstić information content (AvgIpc) is 3.25. The summed E-state index contributed by atoms with van der Waals surface area (Å²) in [4.78, 5) is 31.9. The summed E-state index contributed by atoms with van der Waals surface area (Å²) in [5, 5.41) is 11.8. The Morgan fingerprint density at radius 3 is 2.59 bits per heavy atom. The van der Waals surface area contributed by atoms with Crippen LogP contribution in [-0.4, -0.2) is 27.4 Å². The van der Waals surface area contributed by atoms with Gasteiger partial charge in [0.2, 0.25) is 0 Å². The molecule has 8 heteroatoms. The van der Waals surface area contributed by atoms with Gasteiger partial charge in [0, 0.05) is 19.2 Å². The molecule has 1 fully saturated rings. The number of thiazole rings is 1. The van der Waals surface area contributed by atoms with Gasteiger partial charge in [-0.05, 0) is 73.6 Å². The van der Waals surface area contributed by atoms with Gasteiger partial charge in [0.05, 0.1) is 20.5 Å². The Bertz CT molecular complexity index is 1480. The molecule has 3 heterocycles. The molecule has 0 saturated carbocycles. The lowest BCUT2D eigenvalue weighted by atomic mass is 9.98. The first-order valence-electron chi connectivity index (χ1n) is 10.8. The van der Waals surface area contributed by atoms with Gasteiger partial charge in [-0.2, -0.15) is 0 Å². The number of hydrogen-bond acceptors (Lipinski definition) is 6. The third kappa shape index (κ3) is 3.44. The minimum atomic E-state index is -0.331. The van der Waals surface area contributed by atoms with Crippen molar-refractivity contribution in [2.45, 2.75) is 33.6 Å². The number of aryl methyl sites for hydroxylation is 2. The number of fused-ring (bicyclic) bond motifs is 3. The minimum Gasteiger partial charge on any atom is -0.366 e. The molecule has 2 aromatic carbocycles. The average molecular weight is 449 g/mol. The van der Waals surface area contributed by atoms with Crippen molar-refractivity contribution in [2.24, 2.45) is 5.92 Å². The highest BCUT2D eigenvalue weighted by molar-refractivity contribution is 7.15. The lowest BCUT2D eigenvalue weighted by Crippen LogP contribution is -2.33. The maximum Gasteiger partial charge on any atom is 0.293 e. The number of imidazole rings is 1. The summed E-state index contributed by atoms with van der Waals surface area (Å²) in [5.41, 5.74) is 5.07. The van der Waals surface area contributed by atoms with Crippen LogP contribution in [0.25, 0.3) is 22.1 Å². The maximum atomic E-state index is 13.1. The molecule has 0 aliphatic carbocycles. The second-order valence-electron chi connectivity index (χ2n) is 8.75. The van der Waals surface area contributed by atoms with Gasteiger partial charge in [0.1, 0.15) is 5.69 Å². The molecule has 0 N–H and O–H groups in total. The minimum absolute atomic E-state index is 0.0821. The lowest BCUT2D eigenvalue weighted by Gasteiger charge is -2.31. The fourth-order valence-corrected chi connectivity index (χ4v) is 5.35. The van der Waals surface area contributed by atoms with Crippen LogP contribution >= 0.6 is 11.3 Å². The molecule has 5 rings (SSSR count). The highest BCUT2D eigenvalue weighted by Crippen LogP contribution is 2.32. The van der Waals surface area contributed by atoms with Crippen LogP contribution in [0.15, 0.2) is 35.1 Å². The lowest BCUT2D eigenvalue weighted by molar-refractivity contribution is -0.384. The molecule has 0 atom stereocenters. The van der Waals surface area contributed by atoms with E-state index in [1.807, 2.05) is 38.1 Å². The summed E-state index contributed by atoms with van der Waals surface area (Å²) in [6.07, 6.45) is 3.79. The Hall–Kier alpha value is -3.26. The van der Waals surface area contributed by atoms with Gasteiger partial charge in [-0.25, -0.2) is 9.38 Å². The number of anilines is 1. The van der Waals surface area contributed by atoms with Crippen molar-refractivity contribution in [1.29, 1.82) is 0 Å². The number of rotatable bonds is 3. The summed E-state index contributed by atoms with van der Waals surface area (Å²) in [6, 6.07) is 9.22. The fourth-order valence-electron chi connectivity index (χ4n) is 4.36. The summed E-state index contributed by atoms with van der Waals surface area (Å²) >= 11 is 1.31. The molecule has 0 bridgehead atoms. The number of nitro benzene ring substituents is 1. The second kappa shape index (κ2) is 7.70. The normalized spacial score (nSPS) is 15.8. The van der Waals surface area contributed by atoms with Crippen molar-refractivity contribution in [3.05, 3.63) is 72.0 Å². The van der Waals surface area contributed by atoms with E-state index >= 15 is 0 Å². The SMILES string of the molecule is Cc1cc2nc3s/c(=C/c4ccc(N5CCC(C)CC5)c([N+](=O)[O-])c4)c(=O)n3c2cc1C. The van der Waals surface area contributed by atoms with Crippen molar-refractivity contribution in [3.63, 3.8) is 0 Å². The van der Waals surface area contributed by atoms with Crippen LogP contribution in [0.2, 0.25) is 0 Å². The van der Waals surface area contributed by atoms with Crippen molar-refractivity contribution in [2.75, 3.05) is 18.0 Å². The molecule has 0 spiro atoms. The summed E-state index contributed by atoms with van der Waals surface area (Å²) in [6.45, 7) is 7.91. The molecule has 1 aliphatic rings. The highest BCUT2D eigenvalue weighted by Gasteiger charge is 2.23. The number of hydrogen-bond donors (Lipinski definition) is 0. The molecular formula is C24H24N4O3S. The van der Waals surface area contributed by atoms with Crippen LogP contribution in [0.3, 0.4) is 0 Å². The number of nitro groups is 1. The van der Waals surface area contributed by atoms with E-state index in [2.05, 4.69) is 16.8 Å². The first kappa shape index (κ1) is 20.6. The monoisotopic (exact) mass is 448 g/mol. The quantitative estimate of drug-likeness (QED) is 0.346. The molecule has 7 nitrogen and oxygen atoms in total. The van der Waals surface area contributed by atoms with Crippen LogP contribution in [-0.2, 0) is 0 Å². The molecule has 164 valence electrons. The van der Waals surface area contributed by atoms with Gasteiger partial charge in [-0.3, -0.25) is 14.9 Å². The van der Waals surface area contributed by atoms with Crippen molar-refractivity contribution in [3.8, 4) is 0 Å². The van der Waals surface area contributed by atoms with Gasteiger partial charge >= 0.3 is 0 Å². The van der Waals surface area contributed by atoms with Gasteiger partial charge in [0.25, 0.3) is 11.2 Å². The van der Waals surface area contributed by atoms with Gasteiger partial charge in [0.15, 0.2) is 4.96 Å². The first-order valence-corrected chi connectivity index (χ1v) is 11.6. The van der Waals surface area contributed by atoms with Crippen LogP contribution in [0.1, 0.15) is 36.5 Å². The Balaban J connectivity index is 1.59. The van der Waals surface area contributed by atoms with Gasteiger partial charge < -0.3 is 4.90 Å². The van der Waals surface area contributed by atoms with E-state index in [9.17, 15) is 14.9 Å². The predicted molar refractivity (Wildman–Crippen MR) is 129 cm³/mol. The Kier molecular flexibility index (Phi) is 4.97. The molecule has 32 heavy (non-hydrogen) atoms. The standard InChI is InChI=1S/C24H24N4O3S/c1-14-6-8-26(9-7-14)19-5-4-17(12-21(19)28(30)31)13-22-23(29)27-20-11-16(3)15(2)10-18(20)25-24(27)32-22/h4-5,10-14H,6-9H2,1-3H3/b22-13+. The summed E-state index contributed by atoms with van der Waals surface area (Å²) in [5.74, 6) is 0.648. The summed E-state index contributed by atoms with van der Waals surface area (Å²) in [7, 11) is 0. The Morgan fingerprint density at radius 1 is 1.16 bits per heavy atom. The molecule has 4 aromatic rings. The number of piperidine rings is 1. The Labute approximate surface area is 188 Å². The molecule has 1 saturated heterocycles. The van der Waals surface area contributed by atoms with Crippen molar-refractivity contribution >= 4 is 44.8 Å². The van der Waals surface area contributed by atoms with E-state index in [1.165, 1.54) is 11.3 Å². The molecule has 2 aromatic heterocycles. The fraction of sp³-hybridized carbons (Fsp3) is 0.333. The van der Waals surface area contributed by atoms with E-state index in [-0.39, 0.29) is 16.2 Å². The van der Waals surface area contributed by atoms with E-state index in [4.69, 9.17) is 0 Å². The summed E-state index contributed by atoms with van der Waals surface area (Å²) < 4.78 is 2.15. The molecule has 0 amide bonds. The smallest absolute Gasteiger partial charge is 0.293 e. The predicted octanol–water partition coefficient (Wildman–Crippen LogP) is 4.22. The van der Waals surface area contributed by atoms with Crippen molar-refractivity contribution < 1.29 is 4.92 Å².